The first kappa shape index (κ1) is 32.0. The van der Waals surface area contributed by atoms with Crippen LogP contribution in [0.4, 0.5) is 21.0 Å². The highest BCUT2D eigenvalue weighted by Gasteiger charge is 2.36. The third-order valence-corrected chi connectivity index (χ3v) is 10.6. The van der Waals surface area contributed by atoms with Gasteiger partial charge in [-0.15, -0.1) is 6.42 Å². The first-order chi connectivity index (χ1) is 22.3. The first-order valence-corrected chi connectivity index (χ1v) is 16.9. The van der Waals surface area contributed by atoms with Crippen LogP contribution in [0.25, 0.3) is 0 Å². The van der Waals surface area contributed by atoms with Gasteiger partial charge in [0.05, 0.1) is 10.7 Å². The van der Waals surface area contributed by atoms with Crippen molar-refractivity contribution in [3.63, 3.8) is 0 Å². The van der Waals surface area contributed by atoms with Crippen molar-refractivity contribution in [3.05, 3.63) is 58.1 Å². The van der Waals surface area contributed by atoms with E-state index in [4.69, 9.17) is 23.8 Å². The molecule has 10 nitrogen and oxygen atoms in total. The molecule has 0 aromatic heterocycles. The molecular weight excluding hydrogens is 602 g/mol. The van der Waals surface area contributed by atoms with Crippen molar-refractivity contribution in [1.29, 1.82) is 0 Å². The molecule has 2 aromatic carbocycles. The van der Waals surface area contributed by atoms with Crippen molar-refractivity contribution in [3.8, 4) is 12.3 Å². The number of terminal acetylenes is 1. The van der Waals surface area contributed by atoms with Gasteiger partial charge in [0, 0.05) is 56.4 Å². The number of urea groups is 2. The molecule has 4 aliphatic heterocycles. The molecule has 4 heterocycles. The van der Waals surface area contributed by atoms with E-state index in [0.29, 0.717) is 73.7 Å². The van der Waals surface area contributed by atoms with E-state index in [9.17, 15) is 14.4 Å². The molecule has 46 heavy (non-hydrogen) atoms. The minimum Gasteiger partial charge on any atom is -0.397 e. The van der Waals surface area contributed by atoms with Crippen LogP contribution in [0.3, 0.4) is 0 Å². The predicted octanol–water partition coefficient (Wildman–Crippen LogP) is 4.27. The summed E-state index contributed by atoms with van der Waals surface area (Å²) in [4.78, 5) is 46.1. The molecule has 11 heteroatoms. The SMILES string of the molecule is C#Cc1cc(C[C@@H](NC(=O)N2CCC(N3Cc4ccccc4NC3=O)CC2)C(=O)N2CCC(C3CCNCC3)CC2)cc(Cl)c1N. The maximum Gasteiger partial charge on any atom is 0.322 e. The van der Waals surface area contributed by atoms with Gasteiger partial charge in [-0.25, -0.2) is 9.59 Å². The Morgan fingerprint density at radius 2 is 1.67 bits per heavy atom. The highest BCUT2D eigenvalue weighted by Crippen LogP contribution is 2.32. The Kier molecular flexibility index (Phi) is 9.90. The van der Waals surface area contributed by atoms with Crippen LogP contribution in [0.1, 0.15) is 55.2 Å². The maximum absolute atomic E-state index is 14.0. The van der Waals surface area contributed by atoms with E-state index in [-0.39, 0.29) is 30.4 Å². The Balaban J connectivity index is 1.11. The van der Waals surface area contributed by atoms with Crippen LogP contribution in [-0.2, 0) is 17.8 Å². The van der Waals surface area contributed by atoms with Crippen LogP contribution in [0.2, 0.25) is 5.02 Å². The van der Waals surface area contributed by atoms with Crippen LogP contribution in [0, 0.1) is 24.2 Å². The van der Waals surface area contributed by atoms with Gasteiger partial charge >= 0.3 is 12.1 Å². The number of nitrogens with zero attached hydrogens (tertiary/aromatic N) is 3. The summed E-state index contributed by atoms with van der Waals surface area (Å²) in [6.45, 7) is 5.03. The summed E-state index contributed by atoms with van der Waals surface area (Å²) in [6.07, 6.45) is 11.6. The van der Waals surface area contributed by atoms with Crippen LogP contribution in [0.15, 0.2) is 36.4 Å². The molecule has 0 radical (unpaired) electrons. The predicted molar refractivity (Wildman–Crippen MR) is 180 cm³/mol. The number of halogens is 1. The van der Waals surface area contributed by atoms with E-state index < -0.39 is 6.04 Å². The minimum atomic E-state index is -0.782. The lowest BCUT2D eigenvalue weighted by atomic mass is 9.79. The van der Waals surface area contributed by atoms with Gasteiger partial charge in [0.2, 0.25) is 5.91 Å². The lowest BCUT2D eigenvalue weighted by Gasteiger charge is -2.41. The Hall–Kier alpha value is -3.94. The van der Waals surface area contributed by atoms with Crippen molar-refractivity contribution >= 4 is 40.9 Å². The zero-order chi connectivity index (χ0) is 32.2. The molecule has 0 spiro atoms. The number of amides is 5. The fourth-order valence-corrected chi connectivity index (χ4v) is 7.85. The molecule has 3 fully saturated rings. The second kappa shape index (κ2) is 14.2. The van der Waals surface area contributed by atoms with Gasteiger partial charge < -0.3 is 36.4 Å². The number of rotatable bonds is 6. The summed E-state index contributed by atoms with van der Waals surface area (Å²) < 4.78 is 0. The van der Waals surface area contributed by atoms with Gasteiger partial charge in [0.25, 0.3) is 0 Å². The Labute approximate surface area is 276 Å². The monoisotopic (exact) mass is 645 g/mol. The first-order valence-electron chi connectivity index (χ1n) is 16.6. The second-order valence-electron chi connectivity index (χ2n) is 13.1. The number of hydrogen-bond acceptors (Lipinski definition) is 5. The molecule has 1 atom stereocenters. The van der Waals surface area contributed by atoms with Gasteiger partial charge in [-0.3, -0.25) is 4.79 Å². The Morgan fingerprint density at radius 3 is 2.39 bits per heavy atom. The minimum absolute atomic E-state index is 0.0233. The number of carbonyl (C=O) groups excluding carboxylic acids is 3. The molecule has 0 aliphatic carbocycles. The van der Waals surface area contributed by atoms with Gasteiger partial charge in [0.15, 0.2) is 0 Å². The number of hydrogen-bond donors (Lipinski definition) is 4. The van der Waals surface area contributed by atoms with E-state index in [2.05, 4.69) is 21.9 Å². The van der Waals surface area contributed by atoms with E-state index in [1.54, 1.807) is 17.0 Å². The van der Waals surface area contributed by atoms with E-state index in [1.807, 2.05) is 34.1 Å². The summed E-state index contributed by atoms with van der Waals surface area (Å²) in [5, 5.41) is 9.83. The number of para-hydroxylation sites is 1. The zero-order valence-corrected chi connectivity index (χ0v) is 27.0. The highest BCUT2D eigenvalue weighted by atomic mass is 35.5. The third-order valence-electron chi connectivity index (χ3n) is 10.3. The number of carbonyl (C=O) groups is 3. The lowest BCUT2D eigenvalue weighted by Crippen LogP contribution is -2.57. The molecule has 2 aromatic rings. The van der Waals surface area contributed by atoms with Crippen LogP contribution in [-0.4, -0.2) is 84.0 Å². The fraction of sp³-hybridized carbons (Fsp3) is 0.514. The largest absolute Gasteiger partial charge is 0.397 e. The number of benzene rings is 2. The van der Waals surface area contributed by atoms with Gasteiger partial charge in [0.1, 0.15) is 6.04 Å². The second-order valence-corrected chi connectivity index (χ2v) is 13.5. The molecule has 5 N–H and O–H groups in total. The van der Waals surface area contributed by atoms with Crippen LogP contribution >= 0.6 is 11.6 Å². The van der Waals surface area contributed by atoms with Crippen molar-refractivity contribution < 1.29 is 14.4 Å². The third kappa shape index (κ3) is 7.06. The van der Waals surface area contributed by atoms with E-state index in [0.717, 1.165) is 42.7 Å². The standard InChI is InChI=1S/C35H44ClN7O3/c1-2-24-19-23(20-29(36)32(24)37)21-31(33(44)41-15-9-26(10-16-41)25-7-13-38-14-8-25)40-34(45)42-17-11-28(12-18-42)43-22-27-5-3-4-6-30(27)39-35(43)46/h1,3-6,19-20,25-26,28,31,38H,7-18,21-22,37H2,(H,39,46)(H,40,45)/t31-/m1/s1. The summed E-state index contributed by atoms with van der Waals surface area (Å²) in [5.74, 6) is 3.82. The Morgan fingerprint density at radius 1 is 1.00 bits per heavy atom. The molecule has 244 valence electrons. The average Bonchev–Trinajstić information content (AvgIpc) is 3.09. The summed E-state index contributed by atoms with van der Waals surface area (Å²) in [6, 6.07) is 10.2. The van der Waals surface area contributed by atoms with E-state index >= 15 is 0 Å². The number of nitrogen functional groups attached to an aromatic ring is 1. The smallest absolute Gasteiger partial charge is 0.322 e. The molecule has 5 amide bonds. The van der Waals surface area contributed by atoms with Crippen LogP contribution < -0.4 is 21.7 Å². The van der Waals surface area contributed by atoms with Gasteiger partial charge in [-0.1, -0.05) is 35.7 Å². The van der Waals surface area contributed by atoms with Crippen LogP contribution in [0.5, 0.6) is 0 Å². The summed E-state index contributed by atoms with van der Waals surface area (Å²) in [7, 11) is 0. The van der Waals surface area contributed by atoms with Gasteiger partial charge in [-0.2, -0.15) is 0 Å². The molecular formula is C35H44ClN7O3. The summed E-state index contributed by atoms with van der Waals surface area (Å²) >= 11 is 6.39. The summed E-state index contributed by atoms with van der Waals surface area (Å²) in [5.41, 5.74) is 9.53. The lowest BCUT2D eigenvalue weighted by molar-refractivity contribution is -0.135. The quantitative estimate of drug-likeness (QED) is 0.276. The van der Waals surface area contributed by atoms with Gasteiger partial charge in [-0.05, 0) is 92.8 Å². The van der Waals surface area contributed by atoms with Crippen molar-refractivity contribution in [2.24, 2.45) is 11.8 Å². The highest BCUT2D eigenvalue weighted by molar-refractivity contribution is 6.33. The Bertz CT molecular complexity index is 1490. The molecule has 4 aliphatic rings. The fourth-order valence-electron chi connectivity index (χ4n) is 7.61. The normalized spacial score (nSPS) is 20.4. The molecule has 0 saturated carbocycles. The molecule has 3 saturated heterocycles. The molecule has 6 rings (SSSR count). The maximum atomic E-state index is 14.0. The average molecular weight is 646 g/mol. The number of piperidine rings is 3. The molecule has 0 unspecified atom stereocenters. The number of anilines is 2. The van der Waals surface area contributed by atoms with Crippen molar-refractivity contribution in [2.45, 2.75) is 63.6 Å². The number of nitrogens with one attached hydrogen (secondary N) is 3. The number of likely N-dealkylation sites (tertiary alicyclic amines) is 2. The zero-order valence-electron chi connectivity index (χ0n) is 26.3. The van der Waals surface area contributed by atoms with E-state index in [1.165, 1.54) is 12.8 Å². The topological polar surface area (TPSA) is 123 Å². The molecule has 0 bridgehead atoms. The van der Waals surface area contributed by atoms with Crippen molar-refractivity contribution in [2.75, 3.05) is 50.3 Å². The van der Waals surface area contributed by atoms with Crippen molar-refractivity contribution in [1.82, 2.24) is 25.3 Å². The number of fused-ring (bicyclic) bond motifs is 1. The number of nitrogens with two attached hydrogens (primary N) is 1.